The molecular weight excluding hydrogens is 319 g/mol. The smallest absolute Gasteiger partial charge is 0.227 e. The maximum atomic E-state index is 13.0. The van der Waals surface area contributed by atoms with Gasteiger partial charge in [0.25, 0.3) is 0 Å². The van der Waals surface area contributed by atoms with Crippen LogP contribution in [0.3, 0.4) is 0 Å². The quantitative estimate of drug-likeness (QED) is 0.718. The van der Waals surface area contributed by atoms with Crippen molar-refractivity contribution in [3.05, 3.63) is 78.1 Å². The summed E-state index contributed by atoms with van der Waals surface area (Å²) in [6.07, 6.45) is 3.37. The third kappa shape index (κ3) is 3.91. The first-order chi connectivity index (χ1) is 12.0. The van der Waals surface area contributed by atoms with Crippen molar-refractivity contribution in [2.24, 2.45) is 0 Å². The molecule has 0 fully saturated rings. The fourth-order valence-corrected chi connectivity index (χ4v) is 2.59. The number of benzene rings is 2. The van der Waals surface area contributed by atoms with E-state index >= 15 is 0 Å². The summed E-state index contributed by atoms with van der Waals surface area (Å²) in [5, 5.41) is 4.09. The predicted molar refractivity (Wildman–Crippen MR) is 92.6 cm³/mol. The third-order valence-electron chi connectivity index (χ3n) is 4.30. The molecule has 0 saturated carbocycles. The summed E-state index contributed by atoms with van der Waals surface area (Å²) in [6, 6.07) is 13.8. The van der Waals surface area contributed by atoms with Crippen LogP contribution in [0.1, 0.15) is 24.1 Å². The number of nitrogens with zero attached hydrogens (tertiary/aromatic N) is 4. The highest BCUT2D eigenvalue weighted by atomic mass is 19.1. The maximum absolute atomic E-state index is 13.0. The van der Waals surface area contributed by atoms with Gasteiger partial charge in [0.2, 0.25) is 5.91 Å². The van der Waals surface area contributed by atoms with Crippen LogP contribution < -0.4 is 0 Å². The minimum atomic E-state index is -0.301. The van der Waals surface area contributed by atoms with Gasteiger partial charge in [0, 0.05) is 7.05 Å². The first-order valence-electron chi connectivity index (χ1n) is 7.99. The molecule has 1 unspecified atom stereocenters. The van der Waals surface area contributed by atoms with E-state index < -0.39 is 0 Å². The minimum Gasteiger partial charge on any atom is -0.339 e. The van der Waals surface area contributed by atoms with E-state index in [9.17, 15) is 9.18 Å². The van der Waals surface area contributed by atoms with Crippen LogP contribution in [0.2, 0.25) is 0 Å². The summed E-state index contributed by atoms with van der Waals surface area (Å²) in [4.78, 5) is 18.1. The highest BCUT2D eigenvalue weighted by Crippen LogP contribution is 2.21. The monoisotopic (exact) mass is 338 g/mol. The molecule has 0 radical (unpaired) electrons. The lowest BCUT2D eigenvalue weighted by atomic mass is 10.1. The van der Waals surface area contributed by atoms with Gasteiger partial charge in [-0.15, -0.1) is 0 Å². The van der Waals surface area contributed by atoms with Crippen LogP contribution in [0.4, 0.5) is 4.39 Å². The molecule has 2 aromatic carbocycles. The van der Waals surface area contributed by atoms with Gasteiger partial charge in [-0.3, -0.25) is 4.79 Å². The van der Waals surface area contributed by atoms with Crippen molar-refractivity contribution in [1.82, 2.24) is 19.7 Å². The van der Waals surface area contributed by atoms with Crippen molar-refractivity contribution >= 4 is 5.91 Å². The Labute approximate surface area is 145 Å². The second-order valence-corrected chi connectivity index (χ2v) is 5.92. The number of hydrogen-bond acceptors (Lipinski definition) is 3. The Hall–Kier alpha value is -3.02. The van der Waals surface area contributed by atoms with Gasteiger partial charge in [-0.1, -0.05) is 24.3 Å². The minimum absolute atomic E-state index is 0.0144. The molecule has 25 heavy (non-hydrogen) atoms. The number of aromatic nitrogens is 3. The number of carbonyl (C=O) groups excluding carboxylic acids is 1. The molecule has 0 aliphatic heterocycles. The van der Waals surface area contributed by atoms with Crippen LogP contribution in [0.25, 0.3) is 5.69 Å². The Balaban J connectivity index is 1.67. The molecule has 0 aliphatic carbocycles. The molecule has 5 nitrogen and oxygen atoms in total. The van der Waals surface area contributed by atoms with Crippen molar-refractivity contribution in [2.75, 3.05) is 7.05 Å². The Bertz CT molecular complexity index is 829. The number of amides is 1. The summed E-state index contributed by atoms with van der Waals surface area (Å²) >= 11 is 0. The Morgan fingerprint density at radius 1 is 1.16 bits per heavy atom. The van der Waals surface area contributed by atoms with Crippen molar-refractivity contribution in [3.8, 4) is 5.69 Å². The molecule has 3 aromatic rings. The fourth-order valence-electron chi connectivity index (χ4n) is 2.59. The molecule has 3 rings (SSSR count). The van der Waals surface area contributed by atoms with E-state index in [1.807, 2.05) is 31.2 Å². The predicted octanol–water partition coefficient (Wildman–Crippen LogP) is 3.17. The maximum Gasteiger partial charge on any atom is 0.227 e. The Kier molecular flexibility index (Phi) is 4.88. The number of hydrogen-bond donors (Lipinski definition) is 0. The van der Waals surface area contributed by atoms with Crippen LogP contribution in [0.5, 0.6) is 0 Å². The van der Waals surface area contributed by atoms with Crippen molar-refractivity contribution in [3.63, 3.8) is 0 Å². The van der Waals surface area contributed by atoms with E-state index in [4.69, 9.17) is 0 Å². The van der Waals surface area contributed by atoms with Crippen molar-refractivity contribution < 1.29 is 9.18 Å². The van der Waals surface area contributed by atoms with E-state index in [0.29, 0.717) is 0 Å². The molecule has 1 atom stereocenters. The van der Waals surface area contributed by atoms with E-state index in [-0.39, 0.29) is 24.2 Å². The molecule has 0 spiro atoms. The lowest BCUT2D eigenvalue weighted by Crippen LogP contribution is -2.31. The SMILES string of the molecule is CC(c1ccc(-n2cncn2)cc1)N(C)C(=O)Cc1ccc(F)cc1. The van der Waals surface area contributed by atoms with Crippen LogP contribution in [0, 0.1) is 5.82 Å². The molecule has 0 saturated heterocycles. The number of carbonyl (C=O) groups is 1. The number of halogens is 1. The van der Waals surface area contributed by atoms with Gasteiger partial charge in [0.1, 0.15) is 18.5 Å². The number of rotatable bonds is 5. The first kappa shape index (κ1) is 16.8. The van der Waals surface area contributed by atoms with Gasteiger partial charge in [-0.2, -0.15) is 5.10 Å². The van der Waals surface area contributed by atoms with Crippen molar-refractivity contribution in [1.29, 1.82) is 0 Å². The second-order valence-electron chi connectivity index (χ2n) is 5.92. The van der Waals surface area contributed by atoms with Crippen molar-refractivity contribution in [2.45, 2.75) is 19.4 Å². The number of likely N-dealkylation sites (N-methyl/N-ethyl adjacent to an activating group) is 1. The van der Waals surface area contributed by atoms with Gasteiger partial charge in [0.15, 0.2) is 0 Å². The summed E-state index contributed by atoms with van der Waals surface area (Å²) in [5.41, 5.74) is 2.74. The van der Waals surface area contributed by atoms with Gasteiger partial charge in [-0.25, -0.2) is 14.1 Å². The zero-order chi connectivity index (χ0) is 17.8. The summed E-state index contributed by atoms with van der Waals surface area (Å²) in [5.74, 6) is -0.315. The fraction of sp³-hybridized carbons (Fsp3) is 0.211. The van der Waals surface area contributed by atoms with Crippen LogP contribution in [0.15, 0.2) is 61.2 Å². The molecule has 0 aliphatic rings. The molecular formula is C19H19FN4O. The zero-order valence-corrected chi connectivity index (χ0v) is 14.1. The molecule has 1 amide bonds. The van der Waals surface area contributed by atoms with E-state index in [1.54, 1.807) is 35.1 Å². The lowest BCUT2D eigenvalue weighted by molar-refractivity contribution is -0.131. The topological polar surface area (TPSA) is 51.0 Å². The Morgan fingerprint density at radius 2 is 1.84 bits per heavy atom. The second kappa shape index (κ2) is 7.25. The summed E-state index contributed by atoms with van der Waals surface area (Å²) in [6.45, 7) is 1.98. The summed E-state index contributed by atoms with van der Waals surface area (Å²) < 4.78 is 14.6. The highest BCUT2D eigenvalue weighted by molar-refractivity contribution is 5.79. The van der Waals surface area contributed by atoms with Crippen LogP contribution in [-0.2, 0) is 11.2 Å². The van der Waals surface area contributed by atoms with Gasteiger partial charge >= 0.3 is 0 Å². The van der Waals surface area contributed by atoms with E-state index in [1.165, 1.54) is 18.5 Å². The Morgan fingerprint density at radius 3 is 2.44 bits per heavy atom. The molecule has 0 N–H and O–H groups in total. The lowest BCUT2D eigenvalue weighted by Gasteiger charge is -2.25. The van der Waals surface area contributed by atoms with Crippen LogP contribution >= 0.6 is 0 Å². The standard InChI is InChI=1S/C19H19FN4O/c1-14(16-5-9-18(10-6-16)24-13-21-12-22-24)23(2)19(25)11-15-3-7-17(20)8-4-15/h3-10,12-14H,11H2,1-2H3. The average molecular weight is 338 g/mol. The first-order valence-corrected chi connectivity index (χ1v) is 7.99. The third-order valence-corrected chi connectivity index (χ3v) is 4.30. The van der Waals surface area contributed by atoms with Gasteiger partial charge in [0.05, 0.1) is 18.2 Å². The molecule has 6 heteroatoms. The van der Waals surface area contributed by atoms with Gasteiger partial charge < -0.3 is 4.90 Å². The molecule has 1 aromatic heterocycles. The molecule has 128 valence electrons. The highest BCUT2D eigenvalue weighted by Gasteiger charge is 2.17. The largest absolute Gasteiger partial charge is 0.339 e. The van der Waals surface area contributed by atoms with Gasteiger partial charge in [-0.05, 0) is 42.3 Å². The molecule has 1 heterocycles. The average Bonchev–Trinajstić information content (AvgIpc) is 3.17. The van der Waals surface area contributed by atoms with Crippen LogP contribution in [-0.4, -0.2) is 32.6 Å². The summed E-state index contributed by atoms with van der Waals surface area (Å²) in [7, 11) is 1.78. The zero-order valence-electron chi connectivity index (χ0n) is 14.1. The molecule has 0 bridgehead atoms. The van der Waals surface area contributed by atoms with E-state index in [0.717, 1.165) is 16.8 Å². The normalized spacial score (nSPS) is 12.0. The van der Waals surface area contributed by atoms with E-state index in [2.05, 4.69) is 10.1 Å².